The maximum atomic E-state index is 5.73. The zero-order chi connectivity index (χ0) is 7.14. The zero-order valence-electron chi connectivity index (χ0n) is 6.12. The smallest absolute Gasteiger partial charge is 0.101 e. The summed E-state index contributed by atoms with van der Waals surface area (Å²) >= 11 is 0. The average Bonchev–Trinajstić information content (AvgIpc) is 2.41. The summed E-state index contributed by atoms with van der Waals surface area (Å²) in [6.07, 6.45) is 0.449. The molecule has 0 aromatic carbocycles. The Balaban J connectivity index is 2.09. The Labute approximate surface area is 60.5 Å². The van der Waals surface area contributed by atoms with E-state index in [2.05, 4.69) is 6.92 Å². The van der Waals surface area contributed by atoms with E-state index in [0.29, 0.717) is 12.5 Å². The van der Waals surface area contributed by atoms with Crippen molar-refractivity contribution in [1.29, 1.82) is 0 Å². The third kappa shape index (κ3) is 0.779. The summed E-state index contributed by atoms with van der Waals surface area (Å²) in [4.78, 5) is 0. The van der Waals surface area contributed by atoms with Crippen molar-refractivity contribution in [3.8, 4) is 0 Å². The molecule has 0 bridgehead atoms. The van der Waals surface area contributed by atoms with Crippen LogP contribution in [0.4, 0.5) is 0 Å². The topological polar surface area (TPSA) is 44.5 Å². The van der Waals surface area contributed by atoms with Crippen LogP contribution in [-0.2, 0) is 9.47 Å². The number of ether oxygens (including phenoxy) is 2. The number of nitrogens with two attached hydrogens (primary N) is 1. The minimum Gasteiger partial charge on any atom is -0.373 e. The molecule has 2 aliphatic heterocycles. The van der Waals surface area contributed by atoms with E-state index >= 15 is 0 Å². The van der Waals surface area contributed by atoms with Gasteiger partial charge >= 0.3 is 0 Å². The maximum absolute atomic E-state index is 5.73. The quantitative estimate of drug-likeness (QED) is 0.508. The Morgan fingerprint density at radius 3 is 2.60 bits per heavy atom. The Kier molecular flexibility index (Phi) is 1.44. The lowest BCUT2D eigenvalue weighted by atomic mass is 10.0. The van der Waals surface area contributed by atoms with Crippen molar-refractivity contribution in [2.24, 2.45) is 11.7 Å². The molecular formula is C7H13NO2. The number of hydrogen-bond acceptors (Lipinski definition) is 3. The Morgan fingerprint density at radius 2 is 1.90 bits per heavy atom. The van der Waals surface area contributed by atoms with Crippen molar-refractivity contribution in [3.05, 3.63) is 0 Å². The molecule has 0 aliphatic carbocycles. The van der Waals surface area contributed by atoms with Crippen molar-refractivity contribution in [2.45, 2.75) is 25.2 Å². The molecule has 10 heavy (non-hydrogen) atoms. The van der Waals surface area contributed by atoms with E-state index in [4.69, 9.17) is 15.2 Å². The van der Waals surface area contributed by atoms with Gasteiger partial charge in [-0.3, -0.25) is 0 Å². The van der Waals surface area contributed by atoms with Gasteiger partial charge in [0.05, 0.1) is 25.4 Å². The monoisotopic (exact) mass is 143 g/mol. The van der Waals surface area contributed by atoms with Crippen LogP contribution < -0.4 is 5.73 Å². The Bertz CT molecular complexity index is 124. The Hall–Kier alpha value is -0.120. The predicted molar refractivity (Wildman–Crippen MR) is 36.6 cm³/mol. The molecule has 2 heterocycles. The molecule has 0 aromatic heterocycles. The molecule has 0 aromatic rings. The first kappa shape index (κ1) is 6.58. The van der Waals surface area contributed by atoms with Gasteiger partial charge in [0.25, 0.3) is 0 Å². The van der Waals surface area contributed by atoms with E-state index in [1.807, 2.05) is 0 Å². The van der Waals surface area contributed by atoms with Crippen molar-refractivity contribution >= 4 is 0 Å². The van der Waals surface area contributed by atoms with Crippen molar-refractivity contribution in [3.63, 3.8) is 0 Å². The standard InChI is InChI=1S/C7H13NO2/c1-4-2-9-7-5(8)3-10-6(4)7/h4-7H,2-3,8H2,1H3/t4-,5-,6+,7+/m0/s1. The zero-order valence-corrected chi connectivity index (χ0v) is 6.12. The molecule has 2 rings (SSSR count). The third-order valence-electron chi connectivity index (χ3n) is 2.34. The van der Waals surface area contributed by atoms with Gasteiger partial charge in [0, 0.05) is 5.92 Å². The summed E-state index contributed by atoms with van der Waals surface area (Å²) in [6, 6.07) is 0.106. The first-order valence-electron chi connectivity index (χ1n) is 3.78. The summed E-state index contributed by atoms with van der Waals surface area (Å²) in [5.41, 5.74) is 5.73. The van der Waals surface area contributed by atoms with Gasteiger partial charge in [0.2, 0.25) is 0 Å². The van der Waals surface area contributed by atoms with Crippen molar-refractivity contribution < 1.29 is 9.47 Å². The minimum absolute atomic E-state index is 0.106. The van der Waals surface area contributed by atoms with Gasteiger partial charge in [0.15, 0.2) is 0 Å². The highest BCUT2D eigenvalue weighted by Gasteiger charge is 2.43. The molecular weight excluding hydrogens is 130 g/mol. The number of rotatable bonds is 0. The lowest BCUT2D eigenvalue weighted by molar-refractivity contribution is 0.0650. The van der Waals surface area contributed by atoms with Crippen LogP contribution in [0.5, 0.6) is 0 Å². The number of hydrogen-bond donors (Lipinski definition) is 1. The molecule has 2 fully saturated rings. The van der Waals surface area contributed by atoms with Crippen LogP contribution in [-0.4, -0.2) is 31.5 Å². The van der Waals surface area contributed by atoms with Crippen LogP contribution in [0.15, 0.2) is 0 Å². The molecule has 3 heteroatoms. The maximum Gasteiger partial charge on any atom is 0.101 e. The van der Waals surface area contributed by atoms with Crippen LogP contribution in [0.1, 0.15) is 6.92 Å². The largest absolute Gasteiger partial charge is 0.373 e. The first-order valence-corrected chi connectivity index (χ1v) is 3.78. The summed E-state index contributed by atoms with van der Waals surface area (Å²) in [5, 5.41) is 0. The second-order valence-electron chi connectivity index (χ2n) is 3.24. The van der Waals surface area contributed by atoms with Crippen LogP contribution in [0.25, 0.3) is 0 Å². The SMILES string of the molecule is C[C@H]1CO[C@H]2[C@@H]1OC[C@@H]2N. The lowest BCUT2D eigenvalue weighted by Crippen LogP contribution is -2.35. The van der Waals surface area contributed by atoms with Gasteiger partial charge in [0.1, 0.15) is 6.10 Å². The summed E-state index contributed by atoms with van der Waals surface area (Å²) in [6.45, 7) is 3.62. The van der Waals surface area contributed by atoms with E-state index < -0.39 is 0 Å². The second kappa shape index (κ2) is 2.19. The second-order valence-corrected chi connectivity index (χ2v) is 3.24. The highest BCUT2D eigenvalue weighted by Crippen LogP contribution is 2.29. The minimum atomic E-state index is 0.106. The fourth-order valence-electron chi connectivity index (χ4n) is 1.72. The van der Waals surface area contributed by atoms with Crippen LogP contribution in [0.2, 0.25) is 0 Å². The molecule has 0 radical (unpaired) electrons. The van der Waals surface area contributed by atoms with Gasteiger partial charge in [-0.1, -0.05) is 6.92 Å². The van der Waals surface area contributed by atoms with E-state index in [9.17, 15) is 0 Å². The summed E-state index contributed by atoms with van der Waals surface area (Å²) in [5.74, 6) is 0.526. The average molecular weight is 143 g/mol. The van der Waals surface area contributed by atoms with Gasteiger partial charge in [-0.25, -0.2) is 0 Å². The lowest BCUT2D eigenvalue weighted by Gasteiger charge is -2.10. The van der Waals surface area contributed by atoms with Gasteiger partial charge in [-0.15, -0.1) is 0 Å². The molecule has 58 valence electrons. The normalized spacial score (nSPS) is 53.4. The van der Waals surface area contributed by atoms with E-state index in [1.54, 1.807) is 0 Å². The van der Waals surface area contributed by atoms with Crippen LogP contribution in [0.3, 0.4) is 0 Å². The van der Waals surface area contributed by atoms with Gasteiger partial charge in [-0.05, 0) is 0 Å². The predicted octanol–water partition coefficient (Wildman–Crippen LogP) is -0.253. The summed E-state index contributed by atoms with van der Waals surface area (Å²) < 4.78 is 10.9. The van der Waals surface area contributed by atoms with E-state index in [1.165, 1.54) is 0 Å². The molecule has 2 saturated heterocycles. The van der Waals surface area contributed by atoms with E-state index in [0.717, 1.165) is 6.61 Å². The molecule has 4 atom stereocenters. The molecule has 0 unspecified atom stereocenters. The fraction of sp³-hybridized carbons (Fsp3) is 1.00. The fourth-order valence-corrected chi connectivity index (χ4v) is 1.72. The third-order valence-corrected chi connectivity index (χ3v) is 2.34. The molecule has 0 spiro atoms. The highest BCUT2D eigenvalue weighted by atomic mass is 16.6. The molecule has 0 saturated carbocycles. The van der Waals surface area contributed by atoms with Crippen LogP contribution >= 0.6 is 0 Å². The van der Waals surface area contributed by atoms with Crippen molar-refractivity contribution in [1.82, 2.24) is 0 Å². The molecule has 3 nitrogen and oxygen atoms in total. The number of fused-ring (bicyclic) bond motifs is 1. The molecule has 0 amide bonds. The van der Waals surface area contributed by atoms with Crippen LogP contribution in [0, 0.1) is 5.92 Å². The van der Waals surface area contributed by atoms with Crippen molar-refractivity contribution in [2.75, 3.05) is 13.2 Å². The Morgan fingerprint density at radius 1 is 1.20 bits per heavy atom. The molecule has 2 N–H and O–H groups in total. The highest BCUT2D eigenvalue weighted by molar-refractivity contribution is 4.94. The van der Waals surface area contributed by atoms with Gasteiger partial charge in [-0.2, -0.15) is 0 Å². The molecule has 2 aliphatic rings. The van der Waals surface area contributed by atoms with E-state index in [-0.39, 0.29) is 18.2 Å². The summed E-state index contributed by atoms with van der Waals surface area (Å²) in [7, 11) is 0. The first-order chi connectivity index (χ1) is 4.79. The van der Waals surface area contributed by atoms with Gasteiger partial charge < -0.3 is 15.2 Å².